The van der Waals surface area contributed by atoms with Crippen molar-refractivity contribution in [1.29, 1.82) is 0 Å². The van der Waals surface area contributed by atoms with E-state index in [1.54, 1.807) is 12.1 Å². The highest BCUT2D eigenvalue weighted by atomic mass is 16.4. The Morgan fingerprint density at radius 2 is 1.77 bits per heavy atom. The Bertz CT molecular complexity index is 873. The molecule has 5 rings (SSSR count). The minimum atomic E-state index is -0.852. The van der Waals surface area contributed by atoms with Crippen molar-refractivity contribution < 1.29 is 14.7 Å². The summed E-state index contributed by atoms with van der Waals surface area (Å²) in [5, 5.41) is 9.63. The molecule has 6 nitrogen and oxygen atoms in total. The van der Waals surface area contributed by atoms with E-state index in [4.69, 9.17) is 0 Å². The summed E-state index contributed by atoms with van der Waals surface area (Å²) in [6.45, 7) is 1.86. The van der Waals surface area contributed by atoms with Crippen LogP contribution in [0.1, 0.15) is 24.5 Å². The second kappa shape index (κ2) is 5.56. The van der Waals surface area contributed by atoms with Gasteiger partial charge in [0.15, 0.2) is 0 Å². The van der Waals surface area contributed by atoms with Gasteiger partial charge in [0.2, 0.25) is 5.91 Å². The fraction of sp³-hybridized carbons (Fsp3) is 0.550. The van der Waals surface area contributed by atoms with E-state index >= 15 is 0 Å². The van der Waals surface area contributed by atoms with Crippen molar-refractivity contribution in [2.75, 3.05) is 13.1 Å². The third-order valence-corrected chi connectivity index (χ3v) is 6.82. The van der Waals surface area contributed by atoms with E-state index in [1.807, 2.05) is 27.7 Å². The van der Waals surface area contributed by atoms with Crippen LogP contribution in [0.3, 0.4) is 0 Å². The quantitative estimate of drug-likeness (QED) is 0.813. The highest BCUT2D eigenvalue weighted by molar-refractivity contribution is 5.87. The Morgan fingerprint density at radius 1 is 1.00 bits per heavy atom. The van der Waals surface area contributed by atoms with Crippen molar-refractivity contribution in [1.82, 2.24) is 9.47 Å². The summed E-state index contributed by atoms with van der Waals surface area (Å²) >= 11 is 0. The first-order valence-corrected chi connectivity index (χ1v) is 9.42. The molecule has 136 valence electrons. The fourth-order valence-corrected chi connectivity index (χ4v) is 5.78. The lowest BCUT2D eigenvalue weighted by atomic mass is 9.79. The van der Waals surface area contributed by atoms with Gasteiger partial charge in [-0.25, -0.2) is 0 Å². The average Bonchev–Trinajstić information content (AvgIpc) is 3.23. The number of nitrogens with zero attached hydrogens (tertiary/aromatic N) is 2. The number of hydrogen-bond donors (Lipinski definition) is 1. The number of rotatable bonds is 2. The number of carbonyl (C=O) groups excluding carboxylic acids is 1. The largest absolute Gasteiger partial charge is 0.481 e. The second-order valence-electron chi connectivity index (χ2n) is 8.28. The van der Waals surface area contributed by atoms with Crippen LogP contribution in [-0.4, -0.2) is 39.5 Å². The third-order valence-electron chi connectivity index (χ3n) is 6.82. The smallest absolute Gasteiger partial charge is 0.307 e. The van der Waals surface area contributed by atoms with Crippen molar-refractivity contribution in [3.63, 3.8) is 0 Å². The minimum Gasteiger partial charge on any atom is -0.481 e. The number of carbonyl (C=O) groups is 2. The van der Waals surface area contributed by atoms with Crippen LogP contribution in [0.25, 0.3) is 0 Å². The normalized spacial score (nSPS) is 36.8. The molecular formula is C20H22N2O4. The van der Waals surface area contributed by atoms with E-state index in [1.165, 1.54) is 0 Å². The molecule has 4 bridgehead atoms. The van der Waals surface area contributed by atoms with Gasteiger partial charge in [0.1, 0.15) is 0 Å². The molecule has 26 heavy (non-hydrogen) atoms. The van der Waals surface area contributed by atoms with Crippen molar-refractivity contribution in [3.05, 3.63) is 46.4 Å². The first-order valence-electron chi connectivity index (χ1n) is 9.42. The van der Waals surface area contributed by atoms with Crippen molar-refractivity contribution >= 4 is 11.9 Å². The van der Waals surface area contributed by atoms with E-state index < -0.39 is 17.8 Å². The summed E-state index contributed by atoms with van der Waals surface area (Å²) in [5.74, 6) is -1.39. The maximum absolute atomic E-state index is 13.3. The molecule has 1 aromatic heterocycles. The summed E-state index contributed by atoms with van der Waals surface area (Å²) < 4.78 is 1.85. The zero-order valence-corrected chi connectivity index (χ0v) is 14.5. The number of hydrogen-bond acceptors (Lipinski definition) is 3. The molecule has 6 heteroatoms. The second-order valence-corrected chi connectivity index (χ2v) is 8.28. The Kier molecular flexibility index (Phi) is 3.39. The summed E-state index contributed by atoms with van der Waals surface area (Å²) in [5.41, 5.74) is 1.04. The maximum Gasteiger partial charge on any atom is 0.307 e. The molecule has 1 saturated carbocycles. The van der Waals surface area contributed by atoms with Crippen LogP contribution >= 0.6 is 0 Å². The molecule has 0 radical (unpaired) electrons. The molecule has 2 fully saturated rings. The number of allylic oxidation sites excluding steroid dienone is 2. The summed E-state index contributed by atoms with van der Waals surface area (Å²) in [4.78, 5) is 39.0. The molecule has 1 N–H and O–H groups in total. The van der Waals surface area contributed by atoms with Crippen molar-refractivity contribution in [3.8, 4) is 0 Å². The molecule has 2 aliphatic carbocycles. The Hall–Kier alpha value is -2.37. The monoisotopic (exact) mass is 354 g/mol. The number of carboxylic acids is 1. The van der Waals surface area contributed by atoms with Gasteiger partial charge >= 0.3 is 5.97 Å². The minimum absolute atomic E-state index is 0.00400. The average molecular weight is 354 g/mol. The van der Waals surface area contributed by atoms with Crippen molar-refractivity contribution in [2.45, 2.75) is 25.3 Å². The van der Waals surface area contributed by atoms with Gasteiger partial charge in [-0.15, -0.1) is 0 Å². The highest BCUT2D eigenvalue weighted by Gasteiger charge is 2.53. The lowest BCUT2D eigenvalue weighted by Gasteiger charge is -2.44. The molecule has 2 aliphatic heterocycles. The van der Waals surface area contributed by atoms with E-state index in [0.717, 1.165) is 18.5 Å². The van der Waals surface area contributed by atoms with Crippen LogP contribution < -0.4 is 5.56 Å². The summed E-state index contributed by atoms with van der Waals surface area (Å²) in [6, 6.07) is 5.36. The van der Waals surface area contributed by atoms with E-state index in [9.17, 15) is 19.5 Å². The van der Waals surface area contributed by atoms with Crippen LogP contribution in [0.4, 0.5) is 0 Å². The number of amides is 1. The Labute approximate surface area is 151 Å². The predicted octanol–water partition coefficient (Wildman–Crippen LogP) is 1.32. The molecule has 4 aliphatic rings. The Balaban J connectivity index is 1.42. The topological polar surface area (TPSA) is 79.6 Å². The zero-order valence-electron chi connectivity index (χ0n) is 14.5. The SMILES string of the molecule is O=C(O)[C@@H]1[C@@H](C(=O)N2C[C@@H]3C[C@@H](C2)c2cccc(=O)n2C3)[C@@H]2C=C[C@@H]1C2. The van der Waals surface area contributed by atoms with Gasteiger partial charge < -0.3 is 14.6 Å². The molecule has 0 aromatic carbocycles. The molecule has 1 amide bonds. The number of aliphatic carboxylic acids is 1. The fourth-order valence-electron chi connectivity index (χ4n) is 5.78. The van der Waals surface area contributed by atoms with E-state index in [0.29, 0.717) is 19.6 Å². The standard InChI is InChI=1S/C20H22N2O4/c23-16-3-1-2-15-14-6-11(9-22(15)16)8-21(10-14)19(24)17-12-4-5-13(7-12)18(17)20(25)26/h1-5,11-14,17-18H,6-10H2,(H,25,26)/t11-,12+,13+,14-,17-,18-/m0/s1. The van der Waals surface area contributed by atoms with Crippen LogP contribution in [0, 0.1) is 29.6 Å². The van der Waals surface area contributed by atoms with Crippen LogP contribution in [0.15, 0.2) is 35.1 Å². The summed E-state index contributed by atoms with van der Waals surface area (Å²) in [7, 11) is 0. The zero-order chi connectivity index (χ0) is 18.0. The van der Waals surface area contributed by atoms with Crippen molar-refractivity contribution in [2.24, 2.45) is 29.6 Å². The predicted molar refractivity (Wildman–Crippen MR) is 93.5 cm³/mol. The first kappa shape index (κ1) is 15.9. The van der Waals surface area contributed by atoms with Crippen LogP contribution in [0.5, 0.6) is 0 Å². The van der Waals surface area contributed by atoms with Gasteiger partial charge in [-0.1, -0.05) is 18.2 Å². The van der Waals surface area contributed by atoms with Gasteiger partial charge in [0.25, 0.3) is 5.56 Å². The van der Waals surface area contributed by atoms with Gasteiger partial charge in [0.05, 0.1) is 11.8 Å². The third kappa shape index (κ3) is 2.20. The first-order chi connectivity index (χ1) is 12.5. The lowest BCUT2D eigenvalue weighted by molar-refractivity contribution is -0.152. The Morgan fingerprint density at radius 3 is 2.54 bits per heavy atom. The highest BCUT2D eigenvalue weighted by Crippen LogP contribution is 2.49. The molecular weight excluding hydrogens is 332 g/mol. The molecule has 3 heterocycles. The van der Waals surface area contributed by atoms with Crippen LogP contribution in [-0.2, 0) is 16.1 Å². The number of carboxylic acid groups (broad SMARTS) is 1. The number of fused-ring (bicyclic) bond motifs is 6. The van der Waals surface area contributed by atoms with E-state index in [2.05, 4.69) is 0 Å². The molecule has 1 saturated heterocycles. The van der Waals surface area contributed by atoms with Gasteiger partial charge in [-0.2, -0.15) is 0 Å². The van der Waals surface area contributed by atoms with Crippen LogP contribution in [0.2, 0.25) is 0 Å². The molecule has 1 aromatic rings. The van der Waals surface area contributed by atoms with Gasteiger partial charge in [-0.3, -0.25) is 14.4 Å². The van der Waals surface area contributed by atoms with E-state index in [-0.39, 0.29) is 35.1 Å². The maximum atomic E-state index is 13.3. The number of piperidine rings is 1. The summed E-state index contributed by atoms with van der Waals surface area (Å²) in [6.07, 6.45) is 5.78. The number of likely N-dealkylation sites (tertiary alicyclic amines) is 1. The number of aromatic nitrogens is 1. The number of pyridine rings is 1. The lowest BCUT2D eigenvalue weighted by Crippen LogP contribution is -2.52. The molecule has 6 atom stereocenters. The molecule has 0 unspecified atom stereocenters. The van der Waals surface area contributed by atoms with Gasteiger partial charge in [0, 0.05) is 37.3 Å². The van der Waals surface area contributed by atoms with Gasteiger partial charge in [-0.05, 0) is 36.7 Å². The molecule has 0 spiro atoms.